The van der Waals surface area contributed by atoms with Crippen LogP contribution >= 0.6 is 0 Å². The van der Waals surface area contributed by atoms with Crippen LogP contribution in [-0.4, -0.2) is 81.9 Å². The molecule has 7 nitrogen and oxygen atoms in total. The van der Waals surface area contributed by atoms with Crippen LogP contribution < -0.4 is 0 Å². The van der Waals surface area contributed by atoms with E-state index in [9.17, 15) is 9.59 Å². The SMILES string of the molecule is CN1C(=O)N2CN(C(C)(C)C)CN3C(=O)N(C)C1C23. The Kier molecular flexibility index (Phi) is 2.33. The van der Waals surface area contributed by atoms with Gasteiger partial charge in [0.2, 0.25) is 0 Å². The van der Waals surface area contributed by atoms with Crippen LogP contribution in [0.1, 0.15) is 20.8 Å². The molecule has 0 aromatic heterocycles. The van der Waals surface area contributed by atoms with Gasteiger partial charge in [-0.1, -0.05) is 0 Å². The van der Waals surface area contributed by atoms with Crippen molar-refractivity contribution in [2.75, 3.05) is 27.4 Å². The zero-order valence-corrected chi connectivity index (χ0v) is 12.1. The number of hydrogen-bond acceptors (Lipinski definition) is 3. The second-order valence-electron chi connectivity index (χ2n) is 6.55. The number of hydrogen-bond donors (Lipinski definition) is 0. The number of amides is 4. The van der Waals surface area contributed by atoms with Crippen LogP contribution in [0.25, 0.3) is 0 Å². The summed E-state index contributed by atoms with van der Waals surface area (Å²) in [6.07, 6.45) is -0.310. The van der Waals surface area contributed by atoms with Gasteiger partial charge in [0.05, 0.1) is 13.3 Å². The molecule has 0 aliphatic carbocycles. The Hall–Kier alpha value is -1.50. The highest BCUT2D eigenvalue weighted by atomic mass is 16.2. The molecule has 0 unspecified atom stereocenters. The first-order valence-corrected chi connectivity index (χ1v) is 6.55. The van der Waals surface area contributed by atoms with Crippen molar-refractivity contribution >= 4 is 12.1 Å². The molecule has 0 saturated carbocycles. The maximum absolute atomic E-state index is 12.3. The van der Waals surface area contributed by atoms with E-state index >= 15 is 0 Å². The van der Waals surface area contributed by atoms with Gasteiger partial charge in [0.25, 0.3) is 0 Å². The summed E-state index contributed by atoms with van der Waals surface area (Å²) in [5, 5.41) is 0. The van der Waals surface area contributed by atoms with Crippen LogP contribution in [0.15, 0.2) is 0 Å². The van der Waals surface area contributed by atoms with Crippen LogP contribution in [0.5, 0.6) is 0 Å². The molecule has 3 heterocycles. The largest absolute Gasteiger partial charge is 0.324 e. The minimum Gasteiger partial charge on any atom is -0.303 e. The Morgan fingerprint density at radius 1 is 0.895 bits per heavy atom. The third kappa shape index (κ3) is 1.47. The van der Waals surface area contributed by atoms with Gasteiger partial charge < -0.3 is 9.80 Å². The van der Waals surface area contributed by atoms with E-state index in [1.807, 2.05) is 0 Å². The van der Waals surface area contributed by atoms with Gasteiger partial charge >= 0.3 is 12.1 Å². The maximum Gasteiger partial charge on any atom is 0.324 e. The Morgan fingerprint density at radius 2 is 1.32 bits per heavy atom. The number of urea groups is 2. The minimum atomic E-state index is -0.165. The van der Waals surface area contributed by atoms with Gasteiger partial charge in [-0.25, -0.2) is 9.59 Å². The fraction of sp³-hybridized carbons (Fsp3) is 0.833. The second-order valence-corrected chi connectivity index (χ2v) is 6.55. The molecule has 0 spiro atoms. The lowest BCUT2D eigenvalue weighted by Crippen LogP contribution is -2.63. The van der Waals surface area contributed by atoms with Gasteiger partial charge in [0.15, 0.2) is 6.17 Å². The molecule has 0 bridgehead atoms. The van der Waals surface area contributed by atoms with E-state index in [1.54, 1.807) is 33.7 Å². The highest BCUT2D eigenvalue weighted by Gasteiger charge is 2.59. The smallest absolute Gasteiger partial charge is 0.303 e. The Bertz CT molecular complexity index is 414. The molecule has 3 aliphatic rings. The lowest BCUT2D eigenvalue weighted by atomic mass is 10.1. The zero-order chi connectivity index (χ0) is 14.1. The predicted molar refractivity (Wildman–Crippen MR) is 68.9 cm³/mol. The van der Waals surface area contributed by atoms with Crippen molar-refractivity contribution in [3.05, 3.63) is 0 Å². The molecule has 0 aromatic carbocycles. The van der Waals surface area contributed by atoms with Crippen molar-refractivity contribution in [3.8, 4) is 0 Å². The fourth-order valence-corrected chi connectivity index (χ4v) is 3.13. The van der Waals surface area contributed by atoms with Crippen molar-refractivity contribution in [1.82, 2.24) is 24.5 Å². The zero-order valence-electron chi connectivity index (χ0n) is 12.1. The lowest BCUT2D eigenvalue weighted by Gasteiger charge is -2.47. The Labute approximate surface area is 113 Å². The molecule has 0 radical (unpaired) electrons. The molecule has 19 heavy (non-hydrogen) atoms. The van der Waals surface area contributed by atoms with E-state index in [0.717, 1.165) is 0 Å². The third-order valence-electron chi connectivity index (χ3n) is 4.39. The van der Waals surface area contributed by atoms with Crippen molar-refractivity contribution in [2.24, 2.45) is 0 Å². The highest BCUT2D eigenvalue weighted by molar-refractivity contribution is 5.85. The summed E-state index contributed by atoms with van der Waals surface area (Å²) in [5.41, 5.74) is -0.0800. The molecule has 3 aliphatic heterocycles. The molecule has 0 N–H and O–H groups in total. The average molecular weight is 267 g/mol. The number of nitrogens with zero attached hydrogens (tertiary/aromatic N) is 5. The summed E-state index contributed by atoms with van der Waals surface area (Å²) >= 11 is 0. The molecule has 7 heteroatoms. The first kappa shape index (κ1) is 12.5. The molecule has 0 atom stereocenters. The summed E-state index contributed by atoms with van der Waals surface area (Å²) in [4.78, 5) is 33.7. The molecule has 3 rings (SSSR count). The lowest BCUT2D eigenvalue weighted by molar-refractivity contribution is -0.0521. The van der Waals surface area contributed by atoms with Crippen molar-refractivity contribution in [1.29, 1.82) is 0 Å². The number of likely N-dealkylation sites (N-methyl/N-ethyl adjacent to an activating group) is 2. The van der Waals surface area contributed by atoms with E-state index in [0.29, 0.717) is 13.3 Å². The first-order chi connectivity index (χ1) is 8.73. The molecule has 106 valence electrons. The monoisotopic (exact) mass is 267 g/mol. The van der Waals surface area contributed by atoms with E-state index < -0.39 is 0 Å². The molecular formula is C12H21N5O2. The number of rotatable bonds is 0. The van der Waals surface area contributed by atoms with Gasteiger partial charge in [0, 0.05) is 19.6 Å². The van der Waals surface area contributed by atoms with E-state index in [4.69, 9.17) is 0 Å². The predicted octanol–water partition coefficient (Wildman–Crippen LogP) is 0.402. The maximum atomic E-state index is 12.3. The topological polar surface area (TPSA) is 50.3 Å². The van der Waals surface area contributed by atoms with E-state index in [-0.39, 0.29) is 29.9 Å². The molecular weight excluding hydrogens is 246 g/mol. The molecule has 4 amide bonds. The minimum absolute atomic E-state index is 0.00620. The van der Waals surface area contributed by atoms with Gasteiger partial charge in [-0.05, 0) is 20.8 Å². The van der Waals surface area contributed by atoms with Crippen molar-refractivity contribution in [2.45, 2.75) is 38.6 Å². The summed E-state index contributed by atoms with van der Waals surface area (Å²) in [6.45, 7) is 7.44. The van der Waals surface area contributed by atoms with E-state index in [1.165, 1.54) is 0 Å². The Balaban J connectivity index is 1.98. The van der Waals surface area contributed by atoms with E-state index in [2.05, 4.69) is 25.7 Å². The average Bonchev–Trinajstić information content (AvgIpc) is 2.72. The normalized spacial score (nSPS) is 31.6. The van der Waals surface area contributed by atoms with Crippen LogP contribution in [0.3, 0.4) is 0 Å². The fourth-order valence-electron chi connectivity index (χ4n) is 3.13. The molecule has 3 fully saturated rings. The summed E-state index contributed by atoms with van der Waals surface area (Å²) in [5.74, 6) is 0. The standard InChI is InChI=1S/C12H21N5O2/c1-12(2,3)15-6-16-9-8(13(4)10(16)18)14(5)11(19)17(9)7-15/h8-9H,6-7H2,1-5H3. The molecule has 0 aromatic rings. The quantitative estimate of drug-likeness (QED) is 0.638. The van der Waals surface area contributed by atoms with Crippen molar-refractivity contribution in [3.63, 3.8) is 0 Å². The number of carbonyl (C=O) groups excluding carboxylic acids is 2. The van der Waals surface area contributed by atoms with Gasteiger partial charge in [-0.2, -0.15) is 0 Å². The van der Waals surface area contributed by atoms with Crippen LogP contribution in [0.2, 0.25) is 0 Å². The van der Waals surface area contributed by atoms with Gasteiger partial charge in [-0.3, -0.25) is 14.7 Å². The highest BCUT2D eigenvalue weighted by Crippen LogP contribution is 2.37. The summed E-state index contributed by atoms with van der Waals surface area (Å²) in [6, 6.07) is -0.0124. The number of carbonyl (C=O) groups is 2. The van der Waals surface area contributed by atoms with Gasteiger partial charge in [-0.15, -0.1) is 0 Å². The van der Waals surface area contributed by atoms with Crippen LogP contribution in [0.4, 0.5) is 9.59 Å². The first-order valence-electron chi connectivity index (χ1n) is 6.55. The molecule has 3 saturated heterocycles. The summed E-state index contributed by atoms with van der Waals surface area (Å²) < 4.78 is 0. The second kappa shape index (κ2) is 3.53. The van der Waals surface area contributed by atoms with Crippen LogP contribution in [0, 0.1) is 0 Å². The summed E-state index contributed by atoms with van der Waals surface area (Å²) in [7, 11) is 3.53. The van der Waals surface area contributed by atoms with Crippen molar-refractivity contribution < 1.29 is 9.59 Å². The Morgan fingerprint density at radius 3 is 1.68 bits per heavy atom. The third-order valence-corrected chi connectivity index (χ3v) is 4.39. The van der Waals surface area contributed by atoms with Crippen LogP contribution in [-0.2, 0) is 0 Å². The van der Waals surface area contributed by atoms with Gasteiger partial charge in [0.1, 0.15) is 6.17 Å².